The topological polar surface area (TPSA) is 42.2 Å². The number of methoxy groups -OCH3 is 1. The molecule has 23 heavy (non-hydrogen) atoms. The highest BCUT2D eigenvalue weighted by molar-refractivity contribution is 6.31. The second kappa shape index (κ2) is 6.37. The van der Waals surface area contributed by atoms with E-state index in [4.69, 9.17) is 37.9 Å². The summed E-state index contributed by atoms with van der Waals surface area (Å²) in [6, 6.07) is 16.1. The van der Waals surface area contributed by atoms with Crippen LogP contribution in [0.2, 0.25) is 10.0 Å². The van der Waals surface area contributed by atoms with Gasteiger partial charge in [-0.15, -0.1) is 0 Å². The van der Waals surface area contributed by atoms with E-state index in [9.17, 15) is 0 Å². The van der Waals surface area contributed by atoms with Crippen LogP contribution in [0.1, 0.15) is 5.56 Å². The largest absolute Gasteiger partial charge is 0.493 e. The second-order valence-electron chi connectivity index (χ2n) is 4.85. The number of hydrogen-bond donors (Lipinski definition) is 0. The van der Waals surface area contributed by atoms with E-state index in [2.05, 4.69) is 6.07 Å². The fourth-order valence-corrected chi connectivity index (χ4v) is 2.68. The Hall–Kier alpha value is -2.41. The highest BCUT2D eigenvalue weighted by Crippen LogP contribution is 2.38. The molecular weight excluding hydrogens is 333 g/mol. The van der Waals surface area contributed by atoms with Crippen LogP contribution in [0.4, 0.5) is 0 Å². The van der Waals surface area contributed by atoms with Crippen LogP contribution in [0.5, 0.6) is 17.2 Å². The third-order valence-electron chi connectivity index (χ3n) is 3.35. The molecule has 5 heteroatoms. The van der Waals surface area contributed by atoms with Gasteiger partial charge in [0.25, 0.3) is 0 Å². The Morgan fingerprint density at radius 1 is 0.870 bits per heavy atom. The van der Waals surface area contributed by atoms with Crippen LogP contribution in [-0.4, -0.2) is 7.11 Å². The Morgan fingerprint density at radius 2 is 1.65 bits per heavy atom. The van der Waals surface area contributed by atoms with Crippen LogP contribution >= 0.6 is 23.2 Å². The van der Waals surface area contributed by atoms with Crippen molar-refractivity contribution < 1.29 is 9.47 Å². The van der Waals surface area contributed by atoms with E-state index < -0.39 is 0 Å². The van der Waals surface area contributed by atoms with E-state index in [1.54, 1.807) is 49.6 Å². The maximum Gasteiger partial charge on any atom is 0.169 e. The van der Waals surface area contributed by atoms with Crippen molar-refractivity contribution in [1.29, 1.82) is 5.26 Å². The van der Waals surface area contributed by atoms with E-state index in [1.807, 2.05) is 6.07 Å². The van der Waals surface area contributed by atoms with Crippen LogP contribution in [0.15, 0.2) is 48.5 Å². The Morgan fingerprint density at radius 3 is 2.39 bits per heavy atom. The van der Waals surface area contributed by atoms with Crippen molar-refractivity contribution in [2.24, 2.45) is 0 Å². The van der Waals surface area contributed by atoms with Gasteiger partial charge in [0.1, 0.15) is 5.75 Å². The third-order valence-corrected chi connectivity index (χ3v) is 3.81. The van der Waals surface area contributed by atoms with Crippen LogP contribution in [0.3, 0.4) is 0 Å². The quantitative estimate of drug-likeness (QED) is 0.601. The number of fused-ring (bicyclic) bond motifs is 1. The van der Waals surface area contributed by atoms with Crippen molar-refractivity contribution in [3.63, 3.8) is 0 Å². The van der Waals surface area contributed by atoms with Gasteiger partial charge in [-0.2, -0.15) is 5.26 Å². The van der Waals surface area contributed by atoms with Gasteiger partial charge in [0.05, 0.1) is 18.7 Å². The van der Waals surface area contributed by atoms with Gasteiger partial charge in [0.2, 0.25) is 0 Å². The molecule has 0 heterocycles. The summed E-state index contributed by atoms with van der Waals surface area (Å²) >= 11 is 12.1. The van der Waals surface area contributed by atoms with Crippen molar-refractivity contribution in [2.45, 2.75) is 0 Å². The summed E-state index contributed by atoms with van der Waals surface area (Å²) in [6.45, 7) is 0. The Balaban J connectivity index is 2.12. The minimum absolute atomic E-state index is 0.524. The van der Waals surface area contributed by atoms with Crippen LogP contribution < -0.4 is 9.47 Å². The van der Waals surface area contributed by atoms with Gasteiger partial charge in [0.15, 0.2) is 11.5 Å². The standard InChI is InChI=1S/C18H11Cl2NO2/c1-22-18-8-13(19)3-5-16(18)23-17-9-14(20)7-12-6-11(10-21)2-4-15(12)17/h2-9H,1H3. The normalized spacial score (nSPS) is 10.3. The lowest BCUT2D eigenvalue weighted by molar-refractivity contribution is 0.380. The van der Waals surface area contributed by atoms with Crippen molar-refractivity contribution in [3.8, 4) is 23.3 Å². The lowest BCUT2D eigenvalue weighted by Gasteiger charge is -2.13. The monoisotopic (exact) mass is 343 g/mol. The highest BCUT2D eigenvalue weighted by atomic mass is 35.5. The van der Waals surface area contributed by atoms with Gasteiger partial charge in [-0.25, -0.2) is 0 Å². The van der Waals surface area contributed by atoms with E-state index in [1.165, 1.54) is 0 Å². The average molecular weight is 344 g/mol. The lowest BCUT2D eigenvalue weighted by atomic mass is 10.1. The van der Waals surface area contributed by atoms with Gasteiger partial charge >= 0.3 is 0 Å². The molecule has 0 N–H and O–H groups in total. The van der Waals surface area contributed by atoms with Gasteiger partial charge in [-0.05, 0) is 41.8 Å². The average Bonchev–Trinajstić information content (AvgIpc) is 2.55. The number of benzene rings is 3. The molecule has 3 aromatic carbocycles. The van der Waals surface area contributed by atoms with Crippen molar-refractivity contribution >= 4 is 34.0 Å². The molecule has 0 radical (unpaired) electrons. The summed E-state index contributed by atoms with van der Waals surface area (Å²) in [7, 11) is 1.55. The van der Waals surface area contributed by atoms with Crippen molar-refractivity contribution in [3.05, 3.63) is 64.1 Å². The fraction of sp³-hybridized carbons (Fsp3) is 0.0556. The number of hydrogen-bond acceptors (Lipinski definition) is 3. The van der Waals surface area contributed by atoms with Crippen molar-refractivity contribution in [2.75, 3.05) is 7.11 Å². The molecule has 0 aliphatic carbocycles. The summed E-state index contributed by atoms with van der Waals surface area (Å²) in [6.07, 6.45) is 0. The molecule has 0 saturated heterocycles. The zero-order valence-electron chi connectivity index (χ0n) is 12.1. The zero-order chi connectivity index (χ0) is 16.4. The van der Waals surface area contributed by atoms with E-state index >= 15 is 0 Å². The van der Waals surface area contributed by atoms with Gasteiger partial charge in [0, 0.05) is 27.6 Å². The summed E-state index contributed by atoms with van der Waals surface area (Å²) in [5, 5.41) is 11.8. The predicted molar refractivity (Wildman–Crippen MR) is 91.8 cm³/mol. The minimum atomic E-state index is 0.524. The molecule has 3 nitrogen and oxygen atoms in total. The molecule has 0 atom stereocenters. The summed E-state index contributed by atoms with van der Waals surface area (Å²) in [4.78, 5) is 0. The first-order valence-electron chi connectivity index (χ1n) is 6.75. The summed E-state index contributed by atoms with van der Waals surface area (Å²) < 4.78 is 11.3. The molecule has 0 fully saturated rings. The second-order valence-corrected chi connectivity index (χ2v) is 5.72. The number of ether oxygens (including phenoxy) is 2. The molecule has 0 aliphatic rings. The first-order chi connectivity index (χ1) is 11.1. The molecule has 3 aromatic rings. The third kappa shape index (κ3) is 3.19. The molecule has 0 spiro atoms. The molecule has 0 amide bonds. The number of nitriles is 1. The van der Waals surface area contributed by atoms with Gasteiger partial charge in [-0.3, -0.25) is 0 Å². The molecule has 0 aliphatic heterocycles. The zero-order valence-corrected chi connectivity index (χ0v) is 13.7. The number of halogens is 2. The maximum absolute atomic E-state index is 9.02. The van der Waals surface area contributed by atoms with E-state index in [0.29, 0.717) is 32.9 Å². The van der Waals surface area contributed by atoms with Gasteiger partial charge in [-0.1, -0.05) is 23.2 Å². The molecule has 0 aromatic heterocycles. The first-order valence-corrected chi connectivity index (χ1v) is 7.51. The molecule has 0 saturated carbocycles. The maximum atomic E-state index is 9.02. The summed E-state index contributed by atoms with van der Waals surface area (Å²) in [5.74, 6) is 1.64. The smallest absolute Gasteiger partial charge is 0.169 e. The predicted octanol–water partition coefficient (Wildman–Crippen LogP) is 5.82. The van der Waals surface area contributed by atoms with Crippen LogP contribution in [-0.2, 0) is 0 Å². The van der Waals surface area contributed by atoms with Crippen LogP contribution in [0.25, 0.3) is 10.8 Å². The highest BCUT2D eigenvalue weighted by Gasteiger charge is 2.11. The molecule has 3 rings (SSSR count). The fourth-order valence-electron chi connectivity index (χ4n) is 2.30. The number of rotatable bonds is 3. The van der Waals surface area contributed by atoms with E-state index in [0.717, 1.165) is 10.8 Å². The first kappa shape index (κ1) is 15.5. The molecule has 0 bridgehead atoms. The summed E-state index contributed by atoms with van der Waals surface area (Å²) in [5.41, 5.74) is 0.565. The van der Waals surface area contributed by atoms with Crippen LogP contribution in [0, 0.1) is 11.3 Å². The number of nitrogens with zero attached hydrogens (tertiary/aromatic N) is 1. The molecule has 114 valence electrons. The Kier molecular flexibility index (Phi) is 4.29. The molecular formula is C18H11Cl2NO2. The minimum Gasteiger partial charge on any atom is -0.493 e. The Bertz CT molecular complexity index is 932. The van der Waals surface area contributed by atoms with Crippen molar-refractivity contribution in [1.82, 2.24) is 0 Å². The van der Waals surface area contributed by atoms with E-state index in [-0.39, 0.29) is 0 Å². The SMILES string of the molecule is COc1cc(Cl)ccc1Oc1cc(Cl)cc2cc(C#N)ccc12. The Labute approximate surface area is 143 Å². The lowest BCUT2D eigenvalue weighted by Crippen LogP contribution is -1.91. The molecule has 0 unspecified atom stereocenters. The van der Waals surface area contributed by atoms with Gasteiger partial charge < -0.3 is 9.47 Å².